The molecule has 4 nitrogen and oxygen atoms in total. The SMILES string of the molecule is Cc1c(N=[N+]=[N-])cc(CN)cc1[B-](F)(F)F.[K+]. The Bertz CT molecular complexity index is 457. The third kappa shape index (κ3) is 4.29. The Morgan fingerprint density at radius 2 is 2.00 bits per heavy atom. The summed E-state index contributed by atoms with van der Waals surface area (Å²) < 4.78 is 38.0. The van der Waals surface area contributed by atoms with Crippen molar-refractivity contribution in [2.75, 3.05) is 0 Å². The van der Waals surface area contributed by atoms with Crippen LogP contribution in [-0.4, -0.2) is 6.98 Å². The van der Waals surface area contributed by atoms with E-state index in [1.54, 1.807) is 0 Å². The van der Waals surface area contributed by atoms with Crippen molar-refractivity contribution in [3.05, 3.63) is 33.7 Å². The molecule has 1 rings (SSSR count). The molecule has 0 bridgehead atoms. The summed E-state index contributed by atoms with van der Waals surface area (Å²) in [5.74, 6) is 0. The average Bonchev–Trinajstić information content (AvgIpc) is 2.19. The molecule has 0 radical (unpaired) electrons. The maximum Gasteiger partial charge on any atom is 1.00 e. The Morgan fingerprint density at radius 3 is 2.41 bits per heavy atom. The maximum atomic E-state index is 12.7. The molecule has 1 aromatic rings. The predicted molar refractivity (Wildman–Crippen MR) is 56.6 cm³/mol. The molecule has 0 fully saturated rings. The van der Waals surface area contributed by atoms with Gasteiger partial charge in [-0.2, -0.15) is 0 Å². The van der Waals surface area contributed by atoms with Crippen molar-refractivity contribution in [3.8, 4) is 0 Å². The third-order valence-electron chi connectivity index (χ3n) is 2.22. The maximum absolute atomic E-state index is 12.7. The Balaban J connectivity index is 0.00000256. The molecule has 0 atom stereocenters. The number of rotatable bonds is 3. The number of halogens is 3. The fourth-order valence-corrected chi connectivity index (χ4v) is 1.39. The second-order valence-electron chi connectivity index (χ2n) is 3.30. The van der Waals surface area contributed by atoms with Gasteiger partial charge in [0.25, 0.3) is 0 Å². The van der Waals surface area contributed by atoms with Gasteiger partial charge in [-0.1, -0.05) is 16.7 Å². The summed E-state index contributed by atoms with van der Waals surface area (Å²) in [6, 6.07) is 2.35. The first-order valence-corrected chi connectivity index (χ1v) is 4.48. The van der Waals surface area contributed by atoms with Crippen molar-refractivity contribution >= 4 is 18.1 Å². The number of hydrogen-bond donors (Lipinski definition) is 1. The summed E-state index contributed by atoms with van der Waals surface area (Å²) in [5.41, 5.74) is 13.0. The second-order valence-corrected chi connectivity index (χ2v) is 3.30. The first-order valence-electron chi connectivity index (χ1n) is 4.48. The van der Waals surface area contributed by atoms with Crippen LogP contribution in [0.5, 0.6) is 0 Å². The largest absolute Gasteiger partial charge is 1.00 e. The topological polar surface area (TPSA) is 74.8 Å². The predicted octanol–water partition coefficient (Wildman–Crippen LogP) is -0.546. The molecule has 0 unspecified atom stereocenters. The van der Waals surface area contributed by atoms with E-state index >= 15 is 0 Å². The summed E-state index contributed by atoms with van der Waals surface area (Å²) in [5, 5.41) is 3.22. The first kappa shape index (κ1) is 17.0. The van der Waals surface area contributed by atoms with Crippen LogP contribution >= 0.6 is 0 Å². The van der Waals surface area contributed by atoms with Crippen molar-refractivity contribution in [1.82, 2.24) is 0 Å². The van der Waals surface area contributed by atoms with E-state index in [1.165, 1.54) is 13.0 Å². The fourth-order valence-electron chi connectivity index (χ4n) is 1.39. The average molecular weight is 268 g/mol. The van der Waals surface area contributed by atoms with Gasteiger partial charge in [0.05, 0.1) is 0 Å². The molecule has 2 N–H and O–H groups in total. The molecule has 0 heterocycles. The monoisotopic (exact) mass is 268 g/mol. The smallest absolute Gasteiger partial charge is 0.445 e. The number of nitrogens with two attached hydrogens (primary N) is 1. The summed E-state index contributed by atoms with van der Waals surface area (Å²) >= 11 is 0. The molecule has 0 spiro atoms. The van der Waals surface area contributed by atoms with Gasteiger partial charge in [-0.3, -0.25) is 0 Å². The van der Waals surface area contributed by atoms with E-state index in [9.17, 15) is 12.9 Å². The molecule has 0 aromatic heterocycles. The van der Waals surface area contributed by atoms with Crippen LogP contribution in [0.15, 0.2) is 17.2 Å². The van der Waals surface area contributed by atoms with Crippen LogP contribution in [0.3, 0.4) is 0 Å². The van der Waals surface area contributed by atoms with Gasteiger partial charge in [0.1, 0.15) is 0 Å². The van der Waals surface area contributed by atoms with Crippen LogP contribution < -0.4 is 62.6 Å². The summed E-state index contributed by atoms with van der Waals surface area (Å²) in [6.07, 6.45) is 0. The summed E-state index contributed by atoms with van der Waals surface area (Å²) in [4.78, 5) is 2.49. The fraction of sp³-hybridized carbons (Fsp3) is 0.250. The zero-order chi connectivity index (χ0) is 12.3. The Morgan fingerprint density at radius 1 is 1.41 bits per heavy atom. The van der Waals surface area contributed by atoms with Gasteiger partial charge in [-0.15, -0.1) is 5.46 Å². The van der Waals surface area contributed by atoms with E-state index < -0.39 is 12.4 Å². The zero-order valence-corrected chi connectivity index (χ0v) is 12.6. The standard InChI is InChI=1S/C8H9BF3N4.K/c1-5-7(9(10,11)12)2-6(4-13)3-8(5)15-16-14;/h2-3H,4,13H2,1H3;/q-1;+1. The number of hydrogen-bond acceptors (Lipinski definition) is 2. The summed E-state index contributed by atoms with van der Waals surface area (Å²) in [6.45, 7) is -3.89. The van der Waals surface area contributed by atoms with E-state index in [1.807, 2.05) is 0 Å². The van der Waals surface area contributed by atoms with E-state index in [4.69, 9.17) is 11.3 Å². The van der Waals surface area contributed by atoms with Gasteiger partial charge in [-0.25, -0.2) is 0 Å². The molecular weight excluding hydrogens is 259 g/mol. The second kappa shape index (κ2) is 6.79. The van der Waals surface area contributed by atoms with Crippen LogP contribution in [-0.2, 0) is 6.54 Å². The minimum Gasteiger partial charge on any atom is -0.445 e. The van der Waals surface area contributed by atoms with Gasteiger partial charge >= 0.3 is 58.4 Å². The normalized spacial score (nSPS) is 10.4. The van der Waals surface area contributed by atoms with E-state index in [0.717, 1.165) is 6.07 Å². The molecule has 0 saturated heterocycles. The van der Waals surface area contributed by atoms with Crippen molar-refractivity contribution in [3.63, 3.8) is 0 Å². The van der Waals surface area contributed by atoms with Crippen molar-refractivity contribution in [2.45, 2.75) is 13.5 Å². The van der Waals surface area contributed by atoms with Crippen molar-refractivity contribution in [2.24, 2.45) is 10.8 Å². The number of nitrogens with zero attached hydrogens (tertiary/aromatic N) is 3. The van der Waals surface area contributed by atoms with E-state index in [-0.39, 0.29) is 69.2 Å². The van der Waals surface area contributed by atoms with Crippen molar-refractivity contribution < 1.29 is 64.3 Å². The minimum atomic E-state index is -5.13. The first-order chi connectivity index (χ1) is 7.40. The molecular formula is C8H9BF3KN4. The van der Waals surface area contributed by atoms with Gasteiger partial charge < -0.3 is 18.7 Å². The van der Waals surface area contributed by atoms with E-state index in [2.05, 4.69) is 10.0 Å². The molecule has 0 saturated carbocycles. The summed E-state index contributed by atoms with van der Waals surface area (Å²) in [7, 11) is 0. The molecule has 86 valence electrons. The molecule has 9 heteroatoms. The third-order valence-corrected chi connectivity index (χ3v) is 2.22. The number of benzene rings is 1. The quantitative estimate of drug-likeness (QED) is 0.340. The van der Waals surface area contributed by atoms with Crippen LogP contribution in [0.4, 0.5) is 18.6 Å². The van der Waals surface area contributed by atoms with Crippen LogP contribution in [0, 0.1) is 6.92 Å². The minimum absolute atomic E-state index is 0. The molecule has 0 aliphatic carbocycles. The van der Waals surface area contributed by atoms with Gasteiger partial charge in [0.2, 0.25) is 0 Å². The molecule has 0 aliphatic rings. The molecule has 1 aromatic carbocycles. The van der Waals surface area contributed by atoms with Gasteiger partial charge in [-0.05, 0) is 24.1 Å². The van der Waals surface area contributed by atoms with Gasteiger partial charge in [0.15, 0.2) is 0 Å². The zero-order valence-electron chi connectivity index (χ0n) is 9.49. The van der Waals surface area contributed by atoms with Crippen LogP contribution in [0.1, 0.15) is 11.1 Å². The Labute approximate surface area is 139 Å². The molecule has 17 heavy (non-hydrogen) atoms. The Kier molecular flexibility index (Phi) is 6.78. The molecule has 0 aliphatic heterocycles. The molecule has 0 amide bonds. The number of azide groups is 1. The van der Waals surface area contributed by atoms with Crippen LogP contribution in [0.25, 0.3) is 10.4 Å². The van der Waals surface area contributed by atoms with E-state index in [0.29, 0.717) is 5.56 Å². The van der Waals surface area contributed by atoms with Gasteiger partial charge in [0, 0.05) is 17.1 Å². The van der Waals surface area contributed by atoms with Crippen LogP contribution in [0.2, 0.25) is 0 Å². The van der Waals surface area contributed by atoms with Crippen molar-refractivity contribution in [1.29, 1.82) is 0 Å². The Hall–Kier alpha value is -0.0187.